The van der Waals surface area contributed by atoms with Crippen LogP contribution in [0.15, 0.2) is 162 Å². The molecule has 0 spiro atoms. The van der Waals surface area contributed by atoms with E-state index in [9.17, 15) is 0 Å². The fourth-order valence-corrected chi connectivity index (χ4v) is 7.48. The number of fused-ring (bicyclic) bond motifs is 5. The van der Waals surface area contributed by atoms with Gasteiger partial charge in [-0.1, -0.05) is 127 Å². The van der Waals surface area contributed by atoms with Gasteiger partial charge in [-0.15, -0.1) is 11.3 Å². The van der Waals surface area contributed by atoms with Gasteiger partial charge in [0.1, 0.15) is 16.2 Å². The molecule has 9 rings (SSSR count). The minimum absolute atomic E-state index is 0.828. The molecule has 9 aromatic rings. The van der Waals surface area contributed by atoms with Crippen molar-refractivity contribution in [3.63, 3.8) is 0 Å². The zero-order valence-electron chi connectivity index (χ0n) is 24.2. The molecule has 0 aliphatic heterocycles. The molecule has 45 heavy (non-hydrogen) atoms. The van der Waals surface area contributed by atoms with Gasteiger partial charge in [-0.25, -0.2) is 4.98 Å². The second-order valence-corrected chi connectivity index (χ2v) is 12.2. The highest BCUT2D eigenvalue weighted by Crippen LogP contribution is 2.50. The molecule has 0 unspecified atom stereocenters. The summed E-state index contributed by atoms with van der Waals surface area (Å²) in [7, 11) is 0. The van der Waals surface area contributed by atoms with E-state index in [4.69, 9.17) is 9.40 Å². The fraction of sp³-hybridized carbons (Fsp3) is 0. The van der Waals surface area contributed by atoms with Crippen LogP contribution in [0.1, 0.15) is 0 Å². The smallest absolute Gasteiger partial charge is 0.139 e. The Kier molecular flexibility index (Phi) is 6.00. The molecule has 0 N–H and O–H groups in total. The molecule has 2 aromatic heterocycles. The molecule has 0 aliphatic rings. The van der Waals surface area contributed by atoms with Crippen molar-refractivity contribution in [3.05, 3.63) is 158 Å². The highest BCUT2D eigenvalue weighted by atomic mass is 32.1. The lowest BCUT2D eigenvalue weighted by Gasteiger charge is -2.28. The van der Waals surface area contributed by atoms with Gasteiger partial charge in [0.05, 0.1) is 27.0 Å². The molecule has 4 heteroatoms. The van der Waals surface area contributed by atoms with Crippen molar-refractivity contribution in [2.75, 3.05) is 4.90 Å². The molecule has 7 aromatic carbocycles. The summed E-state index contributed by atoms with van der Waals surface area (Å²) >= 11 is 1.73. The Balaban J connectivity index is 1.39. The summed E-state index contributed by atoms with van der Waals surface area (Å²) in [4.78, 5) is 7.60. The molecule has 0 amide bonds. The lowest BCUT2D eigenvalue weighted by molar-refractivity contribution is 0.669. The predicted octanol–water partition coefficient (Wildman–Crippen LogP) is 12.2. The van der Waals surface area contributed by atoms with E-state index in [1.54, 1.807) is 11.3 Å². The first-order chi connectivity index (χ1) is 22.3. The summed E-state index contributed by atoms with van der Waals surface area (Å²) in [5.41, 5.74) is 9.35. The highest BCUT2D eigenvalue weighted by Gasteiger charge is 2.26. The highest BCUT2D eigenvalue weighted by molar-refractivity contribution is 7.22. The molecule has 0 atom stereocenters. The maximum absolute atomic E-state index is 6.54. The molecule has 0 bridgehead atoms. The number of anilines is 3. The minimum atomic E-state index is 0.828. The number of benzene rings is 7. The molecule has 0 aliphatic carbocycles. The van der Waals surface area contributed by atoms with E-state index in [1.807, 2.05) is 18.2 Å². The molecule has 0 radical (unpaired) electrons. The molecule has 2 heterocycles. The van der Waals surface area contributed by atoms with Crippen molar-refractivity contribution in [3.8, 4) is 21.7 Å². The largest absolute Gasteiger partial charge is 0.456 e. The third kappa shape index (κ3) is 4.30. The van der Waals surface area contributed by atoms with Crippen molar-refractivity contribution >= 4 is 71.3 Å². The first-order valence-corrected chi connectivity index (χ1v) is 15.9. The first kappa shape index (κ1) is 25.8. The van der Waals surface area contributed by atoms with Crippen LogP contribution < -0.4 is 4.90 Å². The van der Waals surface area contributed by atoms with Gasteiger partial charge in [-0.05, 0) is 40.8 Å². The Labute approximate surface area is 264 Å². The number of furan rings is 1. The Morgan fingerprint density at radius 2 is 1.18 bits per heavy atom. The zero-order chi connectivity index (χ0) is 29.7. The molecule has 0 saturated heterocycles. The molecule has 212 valence electrons. The Bertz CT molecular complexity index is 2470. The van der Waals surface area contributed by atoms with Crippen LogP contribution in [0.3, 0.4) is 0 Å². The van der Waals surface area contributed by atoms with E-state index in [0.717, 1.165) is 59.8 Å². The van der Waals surface area contributed by atoms with Crippen molar-refractivity contribution in [1.82, 2.24) is 4.98 Å². The maximum atomic E-state index is 6.54. The second-order valence-electron chi connectivity index (χ2n) is 11.2. The van der Waals surface area contributed by atoms with E-state index >= 15 is 0 Å². The first-order valence-electron chi connectivity index (χ1n) is 15.1. The number of para-hydroxylation sites is 1. The van der Waals surface area contributed by atoms with Crippen LogP contribution in [0.4, 0.5) is 17.1 Å². The third-order valence-corrected chi connectivity index (χ3v) is 9.61. The third-order valence-electron chi connectivity index (χ3n) is 8.48. The molecular weight excluding hydrogens is 569 g/mol. The summed E-state index contributed by atoms with van der Waals surface area (Å²) in [5, 5.41) is 5.53. The number of hydrogen-bond donors (Lipinski definition) is 0. The van der Waals surface area contributed by atoms with Gasteiger partial charge in [0.2, 0.25) is 0 Å². The molecule has 0 saturated carbocycles. The Hall–Kier alpha value is -5.71. The minimum Gasteiger partial charge on any atom is -0.456 e. The second kappa shape index (κ2) is 10.5. The van der Waals surface area contributed by atoms with E-state index in [1.165, 1.54) is 21.9 Å². The molecular formula is C41H26N2OS. The normalized spacial score (nSPS) is 11.6. The van der Waals surface area contributed by atoms with Gasteiger partial charge in [0.25, 0.3) is 0 Å². The van der Waals surface area contributed by atoms with Crippen molar-refractivity contribution in [2.24, 2.45) is 0 Å². The molecule has 3 nitrogen and oxygen atoms in total. The standard InChI is InChI=1S/C41H26N2OS/c1-3-12-27(13-4-1)28-22-24-31(25-23-28)43(35-20-11-17-29-14-7-8-18-32(29)35)39-38-33-19-9-10-21-36(33)44-37(38)26-34-40(39)45-41(42-34)30-15-5-2-6-16-30/h1-26H. The zero-order valence-corrected chi connectivity index (χ0v) is 25.0. The SMILES string of the molecule is c1ccc(-c2ccc(N(c3cccc4ccccc34)c3c4sc(-c5ccccc5)nc4cc4oc5ccccc5c34)cc2)cc1. The van der Waals surface area contributed by atoms with Gasteiger partial charge in [-0.3, -0.25) is 0 Å². The average Bonchev–Trinajstić information content (AvgIpc) is 3.71. The summed E-state index contributed by atoms with van der Waals surface area (Å²) < 4.78 is 7.66. The predicted molar refractivity (Wildman–Crippen MR) is 190 cm³/mol. The summed E-state index contributed by atoms with van der Waals surface area (Å²) in [6, 6.07) is 55.5. The van der Waals surface area contributed by atoms with Crippen LogP contribution in [0.5, 0.6) is 0 Å². The number of nitrogens with zero attached hydrogens (tertiary/aromatic N) is 2. The van der Waals surface area contributed by atoms with Gasteiger partial charge >= 0.3 is 0 Å². The van der Waals surface area contributed by atoms with Crippen LogP contribution in [0.2, 0.25) is 0 Å². The van der Waals surface area contributed by atoms with E-state index in [-0.39, 0.29) is 0 Å². The van der Waals surface area contributed by atoms with E-state index in [2.05, 4.69) is 144 Å². The van der Waals surface area contributed by atoms with Gasteiger partial charge < -0.3 is 9.32 Å². The van der Waals surface area contributed by atoms with Crippen LogP contribution in [-0.2, 0) is 0 Å². The number of hydrogen-bond acceptors (Lipinski definition) is 4. The summed E-state index contributed by atoms with van der Waals surface area (Å²) in [6.07, 6.45) is 0. The Morgan fingerprint density at radius 1 is 0.533 bits per heavy atom. The van der Waals surface area contributed by atoms with Gasteiger partial charge in [0.15, 0.2) is 0 Å². The summed E-state index contributed by atoms with van der Waals surface area (Å²) in [6.45, 7) is 0. The van der Waals surface area contributed by atoms with Crippen LogP contribution >= 0.6 is 11.3 Å². The van der Waals surface area contributed by atoms with Gasteiger partial charge in [-0.2, -0.15) is 0 Å². The lowest BCUT2D eigenvalue weighted by atomic mass is 10.0. The van der Waals surface area contributed by atoms with E-state index < -0.39 is 0 Å². The average molecular weight is 595 g/mol. The molecule has 0 fully saturated rings. The van der Waals surface area contributed by atoms with Crippen LogP contribution in [0.25, 0.3) is 64.6 Å². The van der Waals surface area contributed by atoms with Crippen molar-refractivity contribution in [2.45, 2.75) is 0 Å². The van der Waals surface area contributed by atoms with Gasteiger partial charge in [0, 0.05) is 28.1 Å². The van der Waals surface area contributed by atoms with Crippen LogP contribution in [-0.4, -0.2) is 4.98 Å². The lowest BCUT2D eigenvalue weighted by Crippen LogP contribution is -2.11. The van der Waals surface area contributed by atoms with Crippen LogP contribution in [0, 0.1) is 0 Å². The Morgan fingerprint density at radius 3 is 1.98 bits per heavy atom. The van der Waals surface area contributed by atoms with E-state index in [0.29, 0.717) is 0 Å². The number of aromatic nitrogens is 1. The number of rotatable bonds is 5. The summed E-state index contributed by atoms with van der Waals surface area (Å²) in [5.74, 6) is 0. The number of thiazole rings is 1. The monoisotopic (exact) mass is 594 g/mol. The fourth-order valence-electron chi connectivity index (χ4n) is 6.39. The topological polar surface area (TPSA) is 29.3 Å². The maximum Gasteiger partial charge on any atom is 0.139 e. The van der Waals surface area contributed by atoms with Crippen molar-refractivity contribution < 1.29 is 4.42 Å². The quantitative estimate of drug-likeness (QED) is 0.198. The van der Waals surface area contributed by atoms with Crippen molar-refractivity contribution in [1.29, 1.82) is 0 Å².